The number of hydrogen-bond donors (Lipinski definition) is 2. The summed E-state index contributed by atoms with van der Waals surface area (Å²) in [4.78, 5) is 26.8. The molecular weight excluding hydrogens is 524 g/mol. The lowest BCUT2D eigenvalue weighted by molar-refractivity contribution is -0.233. The predicted molar refractivity (Wildman–Crippen MR) is 132 cm³/mol. The summed E-state index contributed by atoms with van der Waals surface area (Å²) in [7, 11) is 0. The molecule has 0 aromatic rings. The summed E-state index contributed by atoms with van der Waals surface area (Å²) < 4.78 is 42.8. The second-order valence-electron chi connectivity index (χ2n) is 12.8. The average molecular weight is 559 g/mol. The largest absolute Gasteiger partial charge is 0.463 e. The van der Waals surface area contributed by atoms with Gasteiger partial charge in [-0.25, -0.2) is 9.59 Å². The summed E-state index contributed by atoms with van der Waals surface area (Å²) in [6.07, 6.45) is 4.33. The van der Waals surface area contributed by atoms with Gasteiger partial charge in [0.05, 0.1) is 30.8 Å². The van der Waals surface area contributed by atoms with E-state index in [1.807, 2.05) is 0 Å². The molecule has 0 aromatic heterocycles. The summed E-state index contributed by atoms with van der Waals surface area (Å²) in [6.45, 7) is 4.85. The highest BCUT2D eigenvalue weighted by Crippen LogP contribution is 2.72. The van der Waals surface area contributed by atoms with Crippen molar-refractivity contribution in [1.29, 1.82) is 0 Å². The van der Waals surface area contributed by atoms with Gasteiger partial charge >= 0.3 is 11.9 Å². The minimum Gasteiger partial charge on any atom is -0.463 e. The number of aliphatic hydroxyl groups is 2. The van der Waals surface area contributed by atoms with Crippen LogP contribution in [0, 0.1) is 10.8 Å². The third-order valence-corrected chi connectivity index (χ3v) is 11.3. The molecular formula is C29H34O11. The van der Waals surface area contributed by atoms with Crippen LogP contribution in [0.1, 0.15) is 39.5 Å². The van der Waals surface area contributed by atoms with Gasteiger partial charge in [0.1, 0.15) is 41.7 Å². The average Bonchev–Trinajstić information content (AvgIpc) is 3.83. The molecule has 216 valence electrons. The Kier molecular flexibility index (Phi) is 5.14. The van der Waals surface area contributed by atoms with Gasteiger partial charge in [-0.1, -0.05) is 30.7 Å². The normalized spacial score (nSPS) is 57.6. The molecule has 6 aliphatic heterocycles. The lowest BCUT2D eigenvalue weighted by atomic mass is 9.51. The monoisotopic (exact) mass is 558 g/mol. The van der Waals surface area contributed by atoms with Gasteiger partial charge in [-0.15, -0.1) is 0 Å². The van der Waals surface area contributed by atoms with Gasteiger partial charge < -0.3 is 43.4 Å². The summed E-state index contributed by atoms with van der Waals surface area (Å²) in [5, 5.41) is 21.3. The minimum absolute atomic E-state index is 0.0345. The van der Waals surface area contributed by atoms with E-state index < -0.39 is 70.3 Å². The maximum Gasteiger partial charge on any atom is 0.338 e. The Bertz CT molecular complexity index is 1250. The first-order valence-electron chi connectivity index (χ1n) is 14.2. The van der Waals surface area contributed by atoms with Gasteiger partial charge in [-0.3, -0.25) is 0 Å². The highest BCUT2D eigenvalue weighted by molar-refractivity contribution is 5.82. The van der Waals surface area contributed by atoms with Crippen molar-refractivity contribution in [1.82, 2.24) is 0 Å². The Morgan fingerprint density at radius 3 is 2.65 bits per heavy atom. The lowest BCUT2D eigenvalue weighted by Gasteiger charge is -2.58. The lowest BCUT2D eigenvalue weighted by Crippen LogP contribution is -2.67. The molecule has 11 heteroatoms. The number of cyclic esters (lactones) is 1. The molecule has 2 N–H and O–H groups in total. The van der Waals surface area contributed by atoms with Crippen LogP contribution in [0.3, 0.4) is 0 Å². The predicted octanol–water partition coefficient (Wildman–Crippen LogP) is 0.615. The minimum atomic E-state index is -1.54. The smallest absolute Gasteiger partial charge is 0.338 e. The summed E-state index contributed by atoms with van der Waals surface area (Å²) in [5.41, 5.74) is -3.37. The summed E-state index contributed by atoms with van der Waals surface area (Å²) in [6, 6.07) is 0. The molecule has 12 atom stereocenters. The van der Waals surface area contributed by atoms with Crippen molar-refractivity contribution in [2.45, 2.75) is 99.2 Å². The molecule has 8 aliphatic rings. The molecule has 5 saturated heterocycles. The van der Waals surface area contributed by atoms with Crippen LogP contribution >= 0.6 is 0 Å². The number of epoxide rings is 2. The van der Waals surface area contributed by atoms with Crippen LogP contribution in [0.5, 0.6) is 0 Å². The van der Waals surface area contributed by atoms with Crippen LogP contribution in [-0.4, -0.2) is 102 Å². The first-order valence-corrected chi connectivity index (χ1v) is 14.2. The third kappa shape index (κ3) is 2.94. The van der Waals surface area contributed by atoms with Crippen molar-refractivity contribution >= 4 is 11.9 Å². The van der Waals surface area contributed by atoms with Gasteiger partial charge in [0.25, 0.3) is 0 Å². The van der Waals surface area contributed by atoms with Crippen molar-refractivity contribution in [2.75, 3.05) is 19.8 Å². The number of hydrogen-bond acceptors (Lipinski definition) is 11. The van der Waals surface area contributed by atoms with E-state index in [1.54, 1.807) is 12.2 Å². The molecule has 11 nitrogen and oxygen atoms in total. The van der Waals surface area contributed by atoms with Gasteiger partial charge in [-0.2, -0.15) is 0 Å². The number of allylic oxidation sites excluding steroid dienone is 3. The molecule has 6 heterocycles. The molecule has 4 bridgehead atoms. The van der Waals surface area contributed by atoms with Gasteiger partial charge in [0.15, 0.2) is 12.4 Å². The Morgan fingerprint density at radius 2 is 1.85 bits per heavy atom. The highest BCUT2D eigenvalue weighted by atomic mass is 16.7. The standard InChI is InChI=1S/C29H34O11/c1-15-6-8-26-13-34-23(33)21-28(40-21)9-10-35-27(20(31)22(32)39-24(27)28)7-4-3-5-19(30)38-16-12-18(37-17(26)11-15)29(14-36-29)25(16,26)2/h3-5,7,11,16-18,20-22,24,31-32H,6,8-10,12-14H2,1-2H3/b5-3+,7-4+. The van der Waals surface area contributed by atoms with Crippen LogP contribution in [-0.2, 0) is 42.7 Å². The zero-order valence-electron chi connectivity index (χ0n) is 22.4. The van der Waals surface area contributed by atoms with E-state index in [1.165, 1.54) is 17.7 Å². The Hall–Kier alpha value is -2.12. The summed E-state index contributed by atoms with van der Waals surface area (Å²) in [5.74, 6) is -1.07. The highest BCUT2D eigenvalue weighted by Gasteiger charge is 2.83. The van der Waals surface area contributed by atoms with Crippen molar-refractivity contribution in [3.63, 3.8) is 0 Å². The fourth-order valence-electron chi connectivity index (χ4n) is 8.86. The first kappa shape index (κ1) is 25.6. The van der Waals surface area contributed by atoms with Crippen molar-refractivity contribution in [2.24, 2.45) is 10.8 Å². The van der Waals surface area contributed by atoms with Crippen LogP contribution < -0.4 is 0 Å². The van der Waals surface area contributed by atoms with Gasteiger partial charge in [0, 0.05) is 24.3 Å². The molecule has 3 spiro atoms. The number of ether oxygens (including phenoxy) is 7. The van der Waals surface area contributed by atoms with Crippen molar-refractivity contribution < 1.29 is 53.0 Å². The van der Waals surface area contributed by atoms with E-state index in [0.29, 0.717) is 25.9 Å². The first-order chi connectivity index (χ1) is 19.1. The van der Waals surface area contributed by atoms with Gasteiger partial charge in [0.2, 0.25) is 0 Å². The van der Waals surface area contributed by atoms with Crippen molar-refractivity contribution in [3.8, 4) is 0 Å². The van der Waals surface area contributed by atoms with E-state index in [-0.39, 0.29) is 25.4 Å². The maximum absolute atomic E-state index is 13.7. The Labute approximate surface area is 231 Å². The van der Waals surface area contributed by atoms with E-state index in [9.17, 15) is 19.8 Å². The zero-order valence-corrected chi connectivity index (χ0v) is 22.4. The number of aliphatic hydroxyl groups excluding tert-OH is 2. The molecule has 6 fully saturated rings. The van der Waals surface area contributed by atoms with Gasteiger partial charge in [-0.05, 0) is 25.8 Å². The third-order valence-electron chi connectivity index (χ3n) is 11.3. The molecule has 1 saturated carbocycles. The second kappa shape index (κ2) is 8.03. The van der Waals surface area contributed by atoms with Crippen molar-refractivity contribution in [3.05, 3.63) is 36.0 Å². The Balaban J connectivity index is 1.22. The topological polar surface area (TPSA) is 146 Å². The number of carbonyl (C=O) groups excluding carboxylic acids is 2. The molecule has 2 aliphatic carbocycles. The van der Waals surface area contributed by atoms with Crippen LogP contribution in [0.15, 0.2) is 36.0 Å². The number of esters is 2. The fourth-order valence-corrected chi connectivity index (χ4v) is 8.86. The molecule has 40 heavy (non-hydrogen) atoms. The fraction of sp³-hybridized carbons (Fsp3) is 0.724. The Morgan fingerprint density at radius 1 is 1.02 bits per heavy atom. The maximum atomic E-state index is 13.7. The molecule has 12 unspecified atom stereocenters. The second-order valence-corrected chi connectivity index (χ2v) is 12.8. The summed E-state index contributed by atoms with van der Waals surface area (Å²) >= 11 is 0. The molecule has 0 radical (unpaired) electrons. The van der Waals surface area contributed by atoms with Crippen LogP contribution in [0.2, 0.25) is 0 Å². The van der Waals surface area contributed by atoms with E-state index in [4.69, 9.17) is 33.2 Å². The van der Waals surface area contributed by atoms with E-state index in [2.05, 4.69) is 19.9 Å². The SMILES string of the molecule is CC1=CC2OC3CC4OC(=O)/C=C/C=C/C56OCCC7(OC7C(=O)OCC2(CC1)C4(C)C31CO1)C5OC(O)C6O. The van der Waals surface area contributed by atoms with E-state index >= 15 is 0 Å². The molecule has 0 aromatic carbocycles. The zero-order chi connectivity index (χ0) is 27.7. The number of rotatable bonds is 0. The van der Waals surface area contributed by atoms with Crippen LogP contribution in [0.25, 0.3) is 0 Å². The van der Waals surface area contributed by atoms with E-state index in [0.717, 1.165) is 6.42 Å². The van der Waals surface area contributed by atoms with Crippen LogP contribution in [0.4, 0.5) is 0 Å². The number of carbonyl (C=O) groups is 2. The molecule has 8 rings (SSSR count). The molecule has 0 amide bonds. The quantitative estimate of drug-likeness (QED) is 0.245.